The van der Waals surface area contributed by atoms with Crippen molar-refractivity contribution in [2.24, 2.45) is 0 Å². The minimum Gasteiger partial charge on any atom is -0.235 e. The monoisotopic (exact) mass is 367 g/mol. The number of pyridine rings is 1. The molecule has 4 heteroatoms. The van der Waals surface area contributed by atoms with Gasteiger partial charge in [-0.1, -0.05) is 27.5 Å². The summed E-state index contributed by atoms with van der Waals surface area (Å²) in [6, 6.07) is 7.79. The number of hydrogen-bond donors (Lipinski definition) is 0. The molecule has 0 aliphatic carbocycles. The van der Waals surface area contributed by atoms with Crippen LogP contribution < -0.4 is 0 Å². The van der Waals surface area contributed by atoms with Gasteiger partial charge in [-0.3, -0.25) is 0 Å². The Morgan fingerprint density at radius 3 is 2.77 bits per heavy atom. The van der Waals surface area contributed by atoms with Crippen LogP contribution in [-0.2, 0) is 0 Å². The summed E-state index contributed by atoms with van der Waals surface area (Å²) in [6.45, 7) is 0. The number of hydrogen-bond acceptors (Lipinski definition) is 1. The molecule has 0 spiro atoms. The Bertz CT molecular complexity index is 472. The molecule has 0 fully saturated rings. The molecule has 66 valence electrons. The quantitative estimate of drug-likeness (QED) is 0.500. The Labute approximate surface area is 103 Å². The number of rotatable bonds is 0. The Balaban J connectivity index is 2.92. The van der Waals surface area contributed by atoms with E-state index in [9.17, 15) is 0 Å². The summed E-state index contributed by atoms with van der Waals surface area (Å²) < 4.78 is 2.16. The van der Waals surface area contributed by atoms with Crippen LogP contribution in [0.2, 0.25) is 5.15 Å². The number of nitrogens with zero attached hydrogens (tertiary/aromatic N) is 1. The highest BCUT2D eigenvalue weighted by Crippen LogP contribution is 2.27. The van der Waals surface area contributed by atoms with E-state index < -0.39 is 0 Å². The summed E-state index contributed by atoms with van der Waals surface area (Å²) in [5.74, 6) is 0. The van der Waals surface area contributed by atoms with E-state index in [1.807, 2.05) is 18.2 Å². The number of aromatic nitrogens is 1. The minimum atomic E-state index is 0.531. The maximum Gasteiger partial charge on any atom is 0.129 e. The maximum atomic E-state index is 5.81. The fraction of sp³-hybridized carbons (Fsp3) is 0. The van der Waals surface area contributed by atoms with Gasteiger partial charge in [0.15, 0.2) is 0 Å². The lowest BCUT2D eigenvalue weighted by atomic mass is 10.2. The first-order chi connectivity index (χ1) is 6.18. The number of halogens is 3. The molecule has 0 radical (unpaired) electrons. The van der Waals surface area contributed by atoms with Gasteiger partial charge >= 0.3 is 0 Å². The van der Waals surface area contributed by atoms with E-state index >= 15 is 0 Å². The van der Waals surface area contributed by atoms with Gasteiger partial charge in [-0.25, -0.2) is 4.98 Å². The van der Waals surface area contributed by atoms with E-state index in [4.69, 9.17) is 11.6 Å². The predicted octanol–water partition coefficient (Wildman–Crippen LogP) is 4.26. The lowest BCUT2D eigenvalue weighted by Gasteiger charge is -2.02. The van der Waals surface area contributed by atoms with Crippen LogP contribution in [0.5, 0.6) is 0 Å². The van der Waals surface area contributed by atoms with Crippen LogP contribution in [-0.4, -0.2) is 4.98 Å². The Kier molecular flexibility index (Phi) is 2.76. The number of fused-ring (bicyclic) bond motifs is 1. The molecule has 0 atom stereocenters. The first kappa shape index (κ1) is 9.68. The molecule has 0 bridgehead atoms. The molecule has 0 N–H and O–H groups in total. The second-order valence-electron chi connectivity index (χ2n) is 2.56. The summed E-state index contributed by atoms with van der Waals surface area (Å²) in [6.07, 6.45) is 0. The van der Waals surface area contributed by atoms with Crippen LogP contribution in [0.15, 0.2) is 28.7 Å². The van der Waals surface area contributed by atoms with Gasteiger partial charge in [0.1, 0.15) is 5.15 Å². The van der Waals surface area contributed by atoms with E-state index in [-0.39, 0.29) is 0 Å². The van der Waals surface area contributed by atoms with Crippen molar-refractivity contribution in [3.63, 3.8) is 0 Å². The third-order valence-corrected chi connectivity index (χ3v) is 3.49. The average Bonchev–Trinajstić information content (AvgIpc) is 2.12. The van der Waals surface area contributed by atoms with Crippen LogP contribution in [0.4, 0.5) is 0 Å². The van der Waals surface area contributed by atoms with E-state index in [2.05, 4.69) is 43.5 Å². The SMILES string of the molecule is Clc1ccc2c(Br)ccc(I)c2n1. The summed E-state index contributed by atoms with van der Waals surface area (Å²) in [7, 11) is 0. The predicted molar refractivity (Wildman–Crippen MR) is 67.2 cm³/mol. The fourth-order valence-electron chi connectivity index (χ4n) is 1.13. The van der Waals surface area contributed by atoms with Crippen LogP contribution >= 0.6 is 50.1 Å². The molecule has 1 nitrogen and oxygen atoms in total. The molecular weight excluding hydrogens is 364 g/mol. The van der Waals surface area contributed by atoms with Gasteiger partial charge in [-0.15, -0.1) is 0 Å². The van der Waals surface area contributed by atoms with E-state index in [0.717, 1.165) is 18.9 Å². The van der Waals surface area contributed by atoms with E-state index in [1.54, 1.807) is 6.07 Å². The molecule has 0 amide bonds. The molecule has 0 saturated carbocycles. The molecule has 13 heavy (non-hydrogen) atoms. The Morgan fingerprint density at radius 2 is 2.00 bits per heavy atom. The zero-order chi connectivity index (χ0) is 9.42. The molecular formula is C9H4BrClIN. The highest BCUT2D eigenvalue weighted by Gasteiger charge is 2.03. The van der Waals surface area contributed by atoms with Gasteiger partial charge in [-0.05, 0) is 46.9 Å². The molecule has 2 aromatic rings. The smallest absolute Gasteiger partial charge is 0.129 e. The first-order valence-electron chi connectivity index (χ1n) is 3.59. The second-order valence-corrected chi connectivity index (χ2v) is 4.96. The summed E-state index contributed by atoms with van der Waals surface area (Å²) in [5.41, 5.74) is 0.947. The van der Waals surface area contributed by atoms with Crippen LogP contribution in [0.3, 0.4) is 0 Å². The van der Waals surface area contributed by atoms with Crippen molar-refractivity contribution in [2.75, 3.05) is 0 Å². The molecule has 0 aliphatic heterocycles. The zero-order valence-corrected chi connectivity index (χ0v) is 10.9. The van der Waals surface area contributed by atoms with Gasteiger partial charge in [-0.2, -0.15) is 0 Å². The van der Waals surface area contributed by atoms with Crippen LogP contribution in [0, 0.1) is 3.57 Å². The van der Waals surface area contributed by atoms with Crippen molar-refractivity contribution in [1.29, 1.82) is 0 Å². The van der Waals surface area contributed by atoms with Gasteiger partial charge in [0.05, 0.1) is 5.52 Å². The molecule has 2 rings (SSSR count). The van der Waals surface area contributed by atoms with Crippen LogP contribution in [0.1, 0.15) is 0 Å². The van der Waals surface area contributed by atoms with Crippen molar-refractivity contribution >= 4 is 61.0 Å². The summed E-state index contributed by atoms with van der Waals surface area (Å²) >= 11 is 11.5. The largest absolute Gasteiger partial charge is 0.235 e. The Morgan fingerprint density at radius 1 is 1.23 bits per heavy atom. The zero-order valence-electron chi connectivity index (χ0n) is 6.39. The standard InChI is InChI=1S/C9H4BrClIN/c10-6-2-3-7(12)9-5(6)1-4-8(11)13-9/h1-4H. The number of benzene rings is 1. The summed E-state index contributed by atoms with van der Waals surface area (Å²) in [5, 5.41) is 1.62. The van der Waals surface area contributed by atoms with Crippen LogP contribution in [0.25, 0.3) is 10.9 Å². The Hall–Kier alpha value is 0.130. The van der Waals surface area contributed by atoms with Gasteiger partial charge in [0.2, 0.25) is 0 Å². The van der Waals surface area contributed by atoms with Crippen molar-refractivity contribution < 1.29 is 0 Å². The molecule has 1 aromatic heterocycles. The third-order valence-electron chi connectivity index (χ3n) is 1.72. The first-order valence-corrected chi connectivity index (χ1v) is 5.84. The normalized spacial score (nSPS) is 10.7. The molecule has 1 aromatic carbocycles. The highest BCUT2D eigenvalue weighted by atomic mass is 127. The van der Waals surface area contributed by atoms with Crippen molar-refractivity contribution in [1.82, 2.24) is 4.98 Å². The average molecular weight is 368 g/mol. The highest BCUT2D eigenvalue weighted by molar-refractivity contribution is 14.1. The van der Waals surface area contributed by atoms with Crippen molar-refractivity contribution in [2.45, 2.75) is 0 Å². The van der Waals surface area contributed by atoms with E-state index in [1.165, 1.54) is 0 Å². The molecule has 1 heterocycles. The topological polar surface area (TPSA) is 12.9 Å². The lowest BCUT2D eigenvalue weighted by molar-refractivity contribution is 1.39. The molecule has 0 unspecified atom stereocenters. The van der Waals surface area contributed by atoms with Crippen molar-refractivity contribution in [3.05, 3.63) is 37.5 Å². The molecule has 0 aliphatic rings. The van der Waals surface area contributed by atoms with Gasteiger partial charge < -0.3 is 0 Å². The summed E-state index contributed by atoms with van der Waals surface area (Å²) in [4.78, 5) is 4.26. The fourth-order valence-corrected chi connectivity index (χ4v) is 2.32. The second kappa shape index (κ2) is 3.71. The molecule has 0 saturated heterocycles. The van der Waals surface area contributed by atoms with E-state index in [0.29, 0.717) is 5.15 Å². The van der Waals surface area contributed by atoms with Gasteiger partial charge in [0.25, 0.3) is 0 Å². The van der Waals surface area contributed by atoms with Crippen molar-refractivity contribution in [3.8, 4) is 0 Å². The minimum absolute atomic E-state index is 0.531. The van der Waals surface area contributed by atoms with Gasteiger partial charge in [0, 0.05) is 13.4 Å². The third kappa shape index (κ3) is 1.82. The maximum absolute atomic E-state index is 5.81. The lowest BCUT2D eigenvalue weighted by Crippen LogP contribution is -1.84.